The van der Waals surface area contributed by atoms with E-state index in [1.807, 2.05) is 0 Å². The minimum atomic E-state index is -3.41. The molecular formula is C8H14ClNO4S. The monoisotopic (exact) mass is 255 g/mol. The number of rotatable bonds is 5. The minimum absolute atomic E-state index is 0.107. The van der Waals surface area contributed by atoms with E-state index >= 15 is 0 Å². The normalized spacial score (nSPS) is 23.2. The van der Waals surface area contributed by atoms with Gasteiger partial charge in [0.15, 0.2) is 0 Å². The Morgan fingerprint density at radius 2 is 2.27 bits per heavy atom. The van der Waals surface area contributed by atoms with Gasteiger partial charge in [0.2, 0.25) is 15.3 Å². The first kappa shape index (κ1) is 12.9. The van der Waals surface area contributed by atoms with Gasteiger partial charge in [-0.1, -0.05) is 0 Å². The summed E-state index contributed by atoms with van der Waals surface area (Å²) in [6.45, 7) is 0.497. The lowest BCUT2D eigenvalue weighted by Crippen LogP contribution is -2.40. The summed E-state index contributed by atoms with van der Waals surface area (Å²) in [4.78, 5) is 11.0. The van der Waals surface area contributed by atoms with Gasteiger partial charge in [0.25, 0.3) is 0 Å². The Bertz CT molecular complexity index is 330. The molecule has 0 spiro atoms. The number of hydrogen-bond acceptors (Lipinski definition) is 4. The van der Waals surface area contributed by atoms with E-state index in [0.717, 1.165) is 0 Å². The van der Waals surface area contributed by atoms with Crippen molar-refractivity contribution in [1.29, 1.82) is 0 Å². The number of hydrogen-bond donors (Lipinski definition) is 0. The Hall–Kier alpha value is -0.170. The van der Waals surface area contributed by atoms with E-state index in [1.165, 1.54) is 11.4 Å². The number of sulfonamides is 1. The van der Waals surface area contributed by atoms with Crippen LogP contribution in [0.4, 0.5) is 0 Å². The molecule has 0 radical (unpaired) electrons. The van der Waals surface area contributed by atoms with Gasteiger partial charge in [-0.25, -0.2) is 8.42 Å². The smallest absolute Gasteiger partial charge is 0.239 e. The van der Waals surface area contributed by atoms with E-state index in [-0.39, 0.29) is 12.4 Å². The maximum absolute atomic E-state index is 11.7. The summed E-state index contributed by atoms with van der Waals surface area (Å²) in [6, 6.07) is -0.687. The number of carbonyl (C=O) groups excluding carboxylic acids is 1. The Morgan fingerprint density at radius 1 is 1.60 bits per heavy atom. The lowest BCUT2D eigenvalue weighted by molar-refractivity contribution is -0.114. The van der Waals surface area contributed by atoms with Crippen LogP contribution in [-0.2, 0) is 19.6 Å². The highest BCUT2D eigenvalue weighted by molar-refractivity contribution is 7.89. The zero-order valence-corrected chi connectivity index (χ0v) is 10.1. The maximum atomic E-state index is 11.7. The molecule has 0 saturated carbocycles. The van der Waals surface area contributed by atoms with Gasteiger partial charge in [-0.3, -0.25) is 4.79 Å². The third-order valence-corrected chi connectivity index (χ3v) is 4.45. The number of carbonyl (C=O) groups is 1. The molecule has 1 fully saturated rings. The molecule has 15 heavy (non-hydrogen) atoms. The molecule has 0 N–H and O–H groups in total. The minimum Gasteiger partial charge on any atom is -0.384 e. The highest BCUT2D eigenvalue weighted by Gasteiger charge is 2.37. The van der Waals surface area contributed by atoms with Gasteiger partial charge in [0, 0.05) is 13.7 Å². The number of nitrogens with zero attached hydrogens (tertiary/aromatic N) is 1. The largest absolute Gasteiger partial charge is 0.384 e. The van der Waals surface area contributed by atoms with E-state index in [0.29, 0.717) is 19.4 Å². The van der Waals surface area contributed by atoms with Crippen molar-refractivity contribution in [2.45, 2.75) is 18.9 Å². The average Bonchev–Trinajstić information content (AvgIpc) is 2.63. The predicted octanol–water partition coefficient (Wildman–Crippen LogP) is 0.192. The zero-order chi connectivity index (χ0) is 11.5. The molecule has 1 rings (SSSR count). The quantitative estimate of drug-likeness (QED) is 0.658. The number of ether oxygens (including phenoxy) is 1. The van der Waals surface area contributed by atoms with Gasteiger partial charge in [0.1, 0.15) is 0 Å². The van der Waals surface area contributed by atoms with Crippen LogP contribution in [0, 0.1) is 0 Å². The SMILES string of the molecule is COCCS(=O)(=O)N1CCCC1C(=O)Cl. The average molecular weight is 256 g/mol. The molecule has 0 aromatic rings. The van der Waals surface area contributed by atoms with E-state index in [2.05, 4.69) is 0 Å². The Kier molecular flexibility index (Phi) is 4.51. The van der Waals surface area contributed by atoms with Gasteiger partial charge in [-0.2, -0.15) is 4.31 Å². The Balaban J connectivity index is 2.73. The maximum Gasteiger partial charge on any atom is 0.239 e. The zero-order valence-electron chi connectivity index (χ0n) is 8.48. The van der Waals surface area contributed by atoms with Crippen molar-refractivity contribution in [3.8, 4) is 0 Å². The standard InChI is InChI=1S/C8H14ClNO4S/c1-14-5-6-15(12,13)10-4-2-3-7(10)8(9)11/h7H,2-6H2,1H3. The first-order chi connectivity index (χ1) is 6.99. The van der Waals surface area contributed by atoms with E-state index in [4.69, 9.17) is 16.3 Å². The van der Waals surface area contributed by atoms with Crippen molar-refractivity contribution < 1.29 is 17.9 Å². The third-order valence-electron chi connectivity index (χ3n) is 2.37. The molecule has 88 valence electrons. The summed E-state index contributed by atoms with van der Waals surface area (Å²) >= 11 is 5.34. The number of methoxy groups -OCH3 is 1. The van der Waals surface area contributed by atoms with Gasteiger partial charge in [0.05, 0.1) is 18.4 Å². The van der Waals surface area contributed by atoms with E-state index in [1.54, 1.807) is 0 Å². The van der Waals surface area contributed by atoms with Gasteiger partial charge < -0.3 is 4.74 Å². The number of halogens is 1. The van der Waals surface area contributed by atoms with Crippen LogP contribution < -0.4 is 0 Å². The van der Waals surface area contributed by atoms with Gasteiger partial charge >= 0.3 is 0 Å². The second kappa shape index (κ2) is 5.25. The fraction of sp³-hybridized carbons (Fsp3) is 0.875. The highest BCUT2D eigenvalue weighted by Crippen LogP contribution is 2.23. The molecule has 0 bridgehead atoms. The summed E-state index contributed by atoms with van der Waals surface area (Å²) in [5.74, 6) is -0.107. The third kappa shape index (κ3) is 3.14. The second-order valence-corrected chi connectivity index (χ2v) is 5.80. The van der Waals surface area contributed by atoms with Crippen molar-refractivity contribution in [2.75, 3.05) is 26.0 Å². The summed E-state index contributed by atoms with van der Waals surface area (Å²) < 4.78 is 29.4. The van der Waals surface area contributed by atoms with E-state index in [9.17, 15) is 13.2 Å². The molecule has 5 nitrogen and oxygen atoms in total. The lowest BCUT2D eigenvalue weighted by atomic mass is 10.2. The van der Waals surface area contributed by atoms with Gasteiger partial charge in [-0.05, 0) is 24.4 Å². The van der Waals surface area contributed by atoms with Crippen molar-refractivity contribution in [1.82, 2.24) is 4.31 Å². The molecule has 1 atom stereocenters. The fourth-order valence-electron chi connectivity index (χ4n) is 1.61. The van der Waals surface area contributed by atoms with Crippen molar-refractivity contribution in [3.05, 3.63) is 0 Å². The Morgan fingerprint density at radius 3 is 2.80 bits per heavy atom. The van der Waals surface area contributed by atoms with Crippen molar-refractivity contribution in [2.24, 2.45) is 0 Å². The van der Waals surface area contributed by atoms with Crippen LogP contribution in [0.5, 0.6) is 0 Å². The first-order valence-electron chi connectivity index (χ1n) is 4.67. The van der Waals surface area contributed by atoms with Crippen molar-refractivity contribution in [3.63, 3.8) is 0 Å². The molecule has 1 saturated heterocycles. The molecule has 0 aromatic carbocycles. The lowest BCUT2D eigenvalue weighted by Gasteiger charge is -2.20. The van der Waals surface area contributed by atoms with Crippen LogP contribution in [0.2, 0.25) is 0 Å². The molecule has 0 aromatic heterocycles. The van der Waals surface area contributed by atoms with E-state index < -0.39 is 21.3 Å². The molecule has 7 heteroatoms. The topological polar surface area (TPSA) is 63.7 Å². The van der Waals surface area contributed by atoms with Crippen LogP contribution in [-0.4, -0.2) is 50.0 Å². The summed E-state index contributed by atoms with van der Waals surface area (Å²) in [5.41, 5.74) is 0. The van der Waals surface area contributed by atoms with Crippen LogP contribution in [0.15, 0.2) is 0 Å². The Labute approximate surface area is 94.4 Å². The van der Waals surface area contributed by atoms with Crippen LogP contribution >= 0.6 is 11.6 Å². The summed E-state index contributed by atoms with van der Waals surface area (Å²) in [7, 11) is -1.98. The van der Waals surface area contributed by atoms with Crippen LogP contribution in [0.1, 0.15) is 12.8 Å². The predicted molar refractivity (Wildman–Crippen MR) is 56.3 cm³/mol. The first-order valence-corrected chi connectivity index (χ1v) is 6.65. The van der Waals surface area contributed by atoms with Crippen LogP contribution in [0.25, 0.3) is 0 Å². The molecule has 1 aliphatic heterocycles. The molecule has 1 heterocycles. The van der Waals surface area contributed by atoms with Gasteiger partial charge in [-0.15, -0.1) is 0 Å². The molecule has 0 amide bonds. The summed E-state index contributed by atoms with van der Waals surface area (Å²) in [6.07, 6.45) is 1.18. The highest BCUT2D eigenvalue weighted by atomic mass is 35.5. The summed E-state index contributed by atoms with van der Waals surface area (Å²) in [5, 5.41) is -0.603. The molecule has 1 aliphatic rings. The molecular weight excluding hydrogens is 242 g/mol. The fourth-order valence-corrected chi connectivity index (χ4v) is 3.50. The van der Waals surface area contributed by atoms with Crippen LogP contribution in [0.3, 0.4) is 0 Å². The second-order valence-electron chi connectivity index (χ2n) is 3.38. The van der Waals surface area contributed by atoms with Crippen molar-refractivity contribution >= 4 is 26.9 Å². The molecule has 1 unspecified atom stereocenters. The molecule has 0 aliphatic carbocycles.